The number of hydrogen-bond acceptors (Lipinski definition) is 4. The first-order valence-corrected chi connectivity index (χ1v) is 8.89. The van der Waals surface area contributed by atoms with Gasteiger partial charge in [-0.25, -0.2) is 8.78 Å². The van der Waals surface area contributed by atoms with Gasteiger partial charge in [-0.3, -0.25) is 9.78 Å². The van der Waals surface area contributed by atoms with Crippen LogP contribution < -0.4 is 9.47 Å². The first-order valence-electron chi connectivity index (χ1n) is 8.89. The molecule has 142 valence electrons. The van der Waals surface area contributed by atoms with E-state index in [1.54, 1.807) is 36.7 Å². The van der Waals surface area contributed by atoms with E-state index in [0.717, 1.165) is 5.56 Å². The van der Waals surface area contributed by atoms with E-state index in [1.807, 2.05) is 12.1 Å². The molecule has 6 heteroatoms. The molecule has 1 fully saturated rings. The molecule has 0 saturated heterocycles. The van der Waals surface area contributed by atoms with E-state index in [9.17, 15) is 13.6 Å². The lowest BCUT2D eigenvalue weighted by Crippen LogP contribution is -2.12. The first-order chi connectivity index (χ1) is 13.6. The van der Waals surface area contributed by atoms with Gasteiger partial charge in [0.2, 0.25) is 0 Å². The Kier molecular flexibility index (Phi) is 5.02. The second-order valence-electron chi connectivity index (χ2n) is 6.62. The molecule has 2 aromatic carbocycles. The average Bonchev–Trinajstić information content (AvgIpc) is 3.49. The van der Waals surface area contributed by atoms with Crippen LogP contribution in [0.15, 0.2) is 67.0 Å². The molecule has 2 unspecified atom stereocenters. The van der Waals surface area contributed by atoms with Gasteiger partial charge in [0.15, 0.2) is 0 Å². The van der Waals surface area contributed by atoms with Gasteiger partial charge in [-0.15, -0.1) is 0 Å². The van der Waals surface area contributed by atoms with Gasteiger partial charge in [-0.2, -0.15) is 0 Å². The van der Waals surface area contributed by atoms with Gasteiger partial charge in [0.1, 0.15) is 29.7 Å². The number of carbonyl (C=O) groups is 1. The summed E-state index contributed by atoms with van der Waals surface area (Å²) in [7, 11) is 0. The third-order valence-corrected chi connectivity index (χ3v) is 4.66. The van der Waals surface area contributed by atoms with Gasteiger partial charge in [0.05, 0.1) is 5.92 Å². The Bertz CT molecular complexity index is 957. The van der Waals surface area contributed by atoms with Gasteiger partial charge in [0, 0.05) is 23.9 Å². The molecule has 1 aliphatic rings. The van der Waals surface area contributed by atoms with Crippen LogP contribution >= 0.6 is 0 Å². The molecule has 3 aromatic rings. The third kappa shape index (κ3) is 4.01. The molecule has 1 heterocycles. The number of pyridine rings is 1. The largest absolute Gasteiger partial charge is 0.489 e. The van der Waals surface area contributed by atoms with Crippen LogP contribution in [-0.4, -0.2) is 11.0 Å². The maximum Gasteiger partial charge on any atom is 0.314 e. The number of esters is 1. The Balaban J connectivity index is 1.33. The normalized spacial score (nSPS) is 17.8. The van der Waals surface area contributed by atoms with Crippen LogP contribution in [0.25, 0.3) is 0 Å². The van der Waals surface area contributed by atoms with Crippen LogP contribution in [0.3, 0.4) is 0 Å². The van der Waals surface area contributed by atoms with E-state index in [2.05, 4.69) is 4.98 Å². The summed E-state index contributed by atoms with van der Waals surface area (Å²) in [6.45, 7) is 0.402. The summed E-state index contributed by atoms with van der Waals surface area (Å²) < 4.78 is 38.7. The Hall–Kier alpha value is -3.28. The average molecular weight is 381 g/mol. The molecular formula is C22H17F2NO3. The molecule has 0 N–H and O–H groups in total. The lowest BCUT2D eigenvalue weighted by Gasteiger charge is -2.08. The summed E-state index contributed by atoms with van der Waals surface area (Å²) in [5, 5.41) is 0. The predicted molar refractivity (Wildman–Crippen MR) is 97.9 cm³/mol. The first kappa shape index (κ1) is 18.1. The third-order valence-electron chi connectivity index (χ3n) is 4.66. The summed E-state index contributed by atoms with van der Waals surface area (Å²) in [6.07, 6.45) is 3.77. The SMILES string of the molecule is O=C(Oc1ccc(OCc2ccncc2)cc1)C1CC1c1c(F)cccc1F. The van der Waals surface area contributed by atoms with Gasteiger partial charge in [-0.05, 0) is 60.5 Å². The maximum absolute atomic E-state index is 13.8. The topological polar surface area (TPSA) is 48.4 Å². The molecule has 1 saturated carbocycles. The summed E-state index contributed by atoms with van der Waals surface area (Å²) in [4.78, 5) is 16.2. The van der Waals surface area contributed by atoms with Crippen LogP contribution in [0.4, 0.5) is 8.78 Å². The number of halogens is 2. The van der Waals surface area contributed by atoms with Crippen molar-refractivity contribution < 1.29 is 23.0 Å². The highest BCUT2D eigenvalue weighted by atomic mass is 19.1. The number of benzene rings is 2. The van der Waals surface area contributed by atoms with Crippen LogP contribution in [0, 0.1) is 17.6 Å². The van der Waals surface area contributed by atoms with Crippen molar-refractivity contribution in [1.82, 2.24) is 4.98 Å². The fourth-order valence-electron chi connectivity index (χ4n) is 3.08. The zero-order valence-corrected chi connectivity index (χ0v) is 14.8. The molecule has 0 radical (unpaired) electrons. The fraction of sp³-hybridized carbons (Fsp3) is 0.182. The molecular weight excluding hydrogens is 364 g/mol. The minimum atomic E-state index is -0.629. The quantitative estimate of drug-likeness (QED) is 0.461. The molecule has 28 heavy (non-hydrogen) atoms. The highest BCUT2D eigenvalue weighted by molar-refractivity contribution is 5.79. The summed E-state index contributed by atoms with van der Waals surface area (Å²) >= 11 is 0. The van der Waals surface area contributed by atoms with E-state index >= 15 is 0 Å². The van der Waals surface area contributed by atoms with Crippen molar-refractivity contribution in [2.75, 3.05) is 0 Å². The Labute approximate surface area is 160 Å². The van der Waals surface area contributed by atoms with Crippen molar-refractivity contribution in [2.45, 2.75) is 18.9 Å². The molecule has 0 spiro atoms. The number of hydrogen-bond donors (Lipinski definition) is 0. The van der Waals surface area contributed by atoms with Crippen LogP contribution in [0.1, 0.15) is 23.5 Å². The van der Waals surface area contributed by atoms with Crippen molar-refractivity contribution in [3.8, 4) is 11.5 Å². The minimum Gasteiger partial charge on any atom is -0.489 e. The summed E-state index contributed by atoms with van der Waals surface area (Å²) in [5.41, 5.74) is 0.954. The number of nitrogens with zero attached hydrogens (tertiary/aromatic N) is 1. The highest BCUT2D eigenvalue weighted by Crippen LogP contribution is 2.49. The second-order valence-corrected chi connectivity index (χ2v) is 6.62. The molecule has 4 nitrogen and oxygen atoms in total. The standard InChI is InChI=1S/C22H17F2NO3/c23-19-2-1-3-20(24)21(19)17-12-18(17)22(26)28-16-6-4-15(5-7-16)27-13-14-8-10-25-11-9-14/h1-11,17-18H,12-13H2. The van der Waals surface area contributed by atoms with Crippen molar-refractivity contribution in [3.63, 3.8) is 0 Å². The van der Waals surface area contributed by atoms with Crippen molar-refractivity contribution >= 4 is 5.97 Å². The highest BCUT2D eigenvalue weighted by Gasteiger charge is 2.48. The zero-order valence-electron chi connectivity index (χ0n) is 14.8. The van der Waals surface area contributed by atoms with Crippen LogP contribution in [0.2, 0.25) is 0 Å². The van der Waals surface area contributed by atoms with Crippen molar-refractivity contribution in [2.24, 2.45) is 5.92 Å². The summed E-state index contributed by atoms with van der Waals surface area (Å²) in [6, 6.07) is 14.1. The van der Waals surface area contributed by atoms with Crippen molar-refractivity contribution in [3.05, 3.63) is 89.8 Å². The smallest absolute Gasteiger partial charge is 0.314 e. The molecule has 4 rings (SSSR count). The number of carbonyl (C=O) groups excluding carboxylic acids is 1. The molecule has 0 amide bonds. The molecule has 2 atom stereocenters. The van der Waals surface area contributed by atoms with Gasteiger partial charge in [-0.1, -0.05) is 6.07 Å². The lowest BCUT2D eigenvalue weighted by molar-refractivity contribution is -0.135. The van der Waals surface area contributed by atoms with Gasteiger partial charge < -0.3 is 9.47 Å². The number of aromatic nitrogens is 1. The molecule has 0 bridgehead atoms. The number of ether oxygens (including phenoxy) is 2. The predicted octanol–water partition coefficient (Wildman–Crippen LogP) is 4.65. The maximum atomic E-state index is 13.8. The Morgan fingerprint density at radius 1 is 0.964 bits per heavy atom. The van der Waals surface area contributed by atoms with Crippen LogP contribution in [0.5, 0.6) is 11.5 Å². The monoisotopic (exact) mass is 381 g/mol. The minimum absolute atomic E-state index is 0.0377. The Morgan fingerprint density at radius 2 is 1.61 bits per heavy atom. The van der Waals surface area contributed by atoms with Crippen LogP contribution in [-0.2, 0) is 11.4 Å². The lowest BCUT2D eigenvalue weighted by atomic mass is 10.1. The van der Waals surface area contributed by atoms with E-state index in [4.69, 9.17) is 9.47 Å². The summed E-state index contributed by atoms with van der Waals surface area (Å²) in [5.74, 6) is -1.76. The molecule has 1 aromatic heterocycles. The second kappa shape index (κ2) is 7.76. The molecule has 1 aliphatic carbocycles. The van der Waals surface area contributed by atoms with E-state index in [1.165, 1.54) is 18.2 Å². The Morgan fingerprint density at radius 3 is 2.29 bits per heavy atom. The fourth-order valence-corrected chi connectivity index (χ4v) is 3.08. The number of rotatable bonds is 6. The van der Waals surface area contributed by atoms with E-state index in [-0.39, 0.29) is 5.56 Å². The molecule has 0 aliphatic heterocycles. The van der Waals surface area contributed by atoms with Gasteiger partial charge >= 0.3 is 5.97 Å². The zero-order chi connectivity index (χ0) is 19.5. The van der Waals surface area contributed by atoms with Gasteiger partial charge in [0.25, 0.3) is 0 Å². The van der Waals surface area contributed by atoms with E-state index in [0.29, 0.717) is 24.5 Å². The van der Waals surface area contributed by atoms with Crippen molar-refractivity contribution in [1.29, 1.82) is 0 Å². The van der Waals surface area contributed by atoms with E-state index < -0.39 is 29.4 Å².